The number of carbonyl (C=O) groups is 1. The van der Waals surface area contributed by atoms with E-state index < -0.39 is 16.1 Å². The Balaban J connectivity index is 2.38. The number of nitrogens with one attached hydrogen (secondary N) is 1. The lowest BCUT2D eigenvalue weighted by Crippen LogP contribution is -2.40. The van der Waals surface area contributed by atoms with Crippen molar-refractivity contribution in [3.05, 3.63) is 58.1 Å². The van der Waals surface area contributed by atoms with Crippen LogP contribution in [0.25, 0.3) is 0 Å². The number of sulfonamides is 1. The number of hydrogen-bond acceptors (Lipinski definition) is 4. The van der Waals surface area contributed by atoms with Crippen LogP contribution in [0.3, 0.4) is 0 Å². The van der Waals surface area contributed by atoms with Crippen LogP contribution in [-0.2, 0) is 21.4 Å². The molecule has 2 aromatic carbocycles. The molecule has 0 radical (unpaired) electrons. The fraction of sp³-hybridized carbons (Fsp3) is 0.409. The molecule has 2 N–H and O–H groups in total. The van der Waals surface area contributed by atoms with Crippen molar-refractivity contribution in [2.24, 2.45) is 5.92 Å². The molecule has 0 aliphatic rings. The molecule has 170 valence electrons. The number of aliphatic hydroxyl groups excluding tert-OH is 1. The fourth-order valence-corrected chi connectivity index (χ4v) is 5.14. The van der Waals surface area contributed by atoms with Crippen LogP contribution in [0, 0.1) is 5.92 Å². The van der Waals surface area contributed by atoms with E-state index in [1.54, 1.807) is 19.1 Å². The lowest BCUT2D eigenvalue weighted by atomic mass is 10.1. The Morgan fingerprint density at radius 1 is 1.06 bits per heavy atom. The average molecular weight is 487 g/mol. The SMILES string of the molecule is CC(C)C(=O)NCCC[C@@H](C)N(c1cc(Cl)ccc1CO)S(=O)(=O)c1ccc(Cl)cc1. The van der Waals surface area contributed by atoms with Gasteiger partial charge in [0.05, 0.1) is 17.2 Å². The van der Waals surface area contributed by atoms with Gasteiger partial charge in [0.25, 0.3) is 10.0 Å². The van der Waals surface area contributed by atoms with Crippen molar-refractivity contribution in [2.45, 2.75) is 51.2 Å². The van der Waals surface area contributed by atoms with E-state index in [1.807, 2.05) is 13.8 Å². The van der Waals surface area contributed by atoms with Gasteiger partial charge >= 0.3 is 0 Å². The van der Waals surface area contributed by atoms with Crippen molar-refractivity contribution in [2.75, 3.05) is 10.8 Å². The summed E-state index contributed by atoms with van der Waals surface area (Å²) in [5, 5.41) is 13.4. The first-order valence-electron chi connectivity index (χ1n) is 10.0. The van der Waals surface area contributed by atoms with Crippen LogP contribution >= 0.6 is 23.2 Å². The van der Waals surface area contributed by atoms with Gasteiger partial charge in [-0.1, -0.05) is 43.1 Å². The first kappa shape index (κ1) is 25.5. The van der Waals surface area contributed by atoms with Crippen molar-refractivity contribution < 1.29 is 18.3 Å². The topological polar surface area (TPSA) is 86.7 Å². The third-order valence-corrected chi connectivity index (χ3v) is 7.28. The summed E-state index contributed by atoms with van der Waals surface area (Å²) in [5.41, 5.74) is 0.769. The Hall–Kier alpha value is -1.80. The molecule has 6 nitrogen and oxygen atoms in total. The first-order chi connectivity index (χ1) is 14.6. The van der Waals surface area contributed by atoms with Crippen LogP contribution in [0.1, 0.15) is 39.2 Å². The number of rotatable bonds is 10. The number of aliphatic hydroxyl groups is 1. The standard InChI is InChI=1S/C22H28Cl2N2O4S/c1-15(2)22(28)25-12-4-5-16(3)26(21-13-19(24)7-6-17(21)14-27)31(29,30)20-10-8-18(23)9-11-20/h6-11,13,15-16,27H,4-5,12,14H2,1-3H3,(H,25,28)/t16-/m1/s1. The van der Waals surface area contributed by atoms with Crippen molar-refractivity contribution in [1.29, 1.82) is 0 Å². The zero-order valence-corrected chi connectivity index (χ0v) is 20.1. The molecule has 0 aromatic heterocycles. The number of amides is 1. The molecule has 2 rings (SSSR count). The molecule has 0 heterocycles. The Morgan fingerprint density at radius 2 is 1.68 bits per heavy atom. The summed E-state index contributed by atoms with van der Waals surface area (Å²) < 4.78 is 28.5. The Bertz CT molecular complexity index is 995. The van der Waals surface area contributed by atoms with Crippen LogP contribution in [-0.4, -0.2) is 32.0 Å². The van der Waals surface area contributed by atoms with Gasteiger partial charge in [0.1, 0.15) is 0 Å². The lowest BCUT2D eigenvalue weighted by molar-refractivity contribution is -0.123. The summed E-state index contributed by atoms with van der Waals surface area (Å²) >= 11 is 12.1. The summed E-state index contributed by atoms with van der Waals surface area (Å²) in [6, 6.07) is 10.2. The highest BCUT2D eigenvalue weighted by atomic mass is 35.5. The largest absolute Gasteiger partial charge is 0.392 e. The summed E-state index contributed by atoms with van der Waals surface area (Å²) in [6.45, 7) is 5.52. The van der Waals surface area contributed by atoms with Gasteiger partial charge in [-0.25, -0.2) is 8.42 Å². The average Bonchev–Trinajstić information content (AvgIpc) is 2.71. The van der Waals surface area contributed by atoms with E-state index in [2.05, 4.69) is 5.32 Å². The van der Waals surface area contributed by atoms with Crippen molar-refractivity contribution >= 4 is 44.8 Å². The predicted molar refractivity (Wildman–Crippen MR) is 125 cm³/mol. The maximum absolute atomic E-state index is 13.6. The normalized spacial score (nSPS) is 12.6. The van der Waals surface area contributed by atoms with Gasteiger partial charge in [0.15, 0.2) is 0 Å². The van der Waals surface area contributed by atoms with E-state index in [9.17, 15) is 18.3 Å². The highest BCUT2D eigenvalue weighted by molar-refractivity contribution is 7.92. The Morgan fingerprint density at radius 3 is 2.26 bits per heavy atom. The molecule has 0 spiro atoms. The lowest BCUT2D eigenvalue weighted by Gasteiger charge is -2.32. The molecule has 0 aliphatic carbocycles. The summed E-state index contributed by atoms with van der Waals surface area (Å²) in [5.74, 6) is -0.159. The van der Waals surface area contributed by atoms with E-state index in [-0.39, 0.29) is 23.3 Å². The molecule has 1 atom stereocenters. The number of carbonyl (C=O) groups excluding carboxylic acids is 1. The van der Waals surface area contributed by atoms with Crippen LogP contribution < -0.4 is 9.62 Å². The summed E-state index contributed by atoms with van der Waals surface area (Å²) in [7, 11) is -3.97. The molecule has 31 heavy (non-hydrogen) atoms. The number of halogens is 2. The number of anilines is 1. The predicted octanol–water partition coefficient (Wildman–Crippen LogP) is 4.62. The summed E-state index contributed by atoms with van der Waals surface area (Å²) in [6.07, 6.45) is 1.07. The molecule has 2 aromatic rings. The van der Waals surface area contributed by atoms with Crippen molar-refractivity contribution in [3.8, 4) is 0 Å². The first-order valence-corrected chi connectivity index (χ1v) is 12.2. The van der Waals surface area contributed by atoms with Crippen molar-refractivity contribution in [1.82, 2.24) is 5.32 Å². The third-order valence-electron chi connectivity index (χ3n) is 4.85. The van der Waals surface area contributed by atoms with Crippen LogP contribution in [0.15, 0.2) is 47.4 Å². The minimum absolute atomic E-state index is 0.0456. The third kappa shape index (κ3) is 6.59. The van der Waals surface area contributed by atoms with Crippen LogP contribution in [0.2, 0.25) is 10.0 Å². The van der Waals surface area contributed by atoms with E-state index in [0.29, 0.717) is 40.7 Å². The highest BCUT2D eigenvalue weighted by Crippen LogP contribution is 2.33. The quantitative estimate of drug-likeness (QED) is 0.479. The zero-order chi connectivity index (χ0) is 23.2. The molecule has 0 bridgehead atoms. The fourth-order valence-electron chi connectivity index (χ4n) is 3.13. The number of nitrogens with zero attached hydrogens (tertiary/aromatic N) is 1. The van der Waals surface area contributed by atoms with Gasteiger partial charge < -0.3 is 10.4 Å². The highest BCUT2D eigenvalue weighted by Gasteiger charge is 2.31. The van der Waals surface area contributed by atoms with Crippen LogP contribution in [0.5, 0.6) is 0 Å². The second kappa shape index (κ2) is 11.2. The molecular formula is C22H28Cl2N2O4S. The van der Waals surface area contributed by atoms with E-state index >= 15 is 0 Å². The Labute approximate surface area is 194 Å². The molecule has 0 saturated heterocycles. The minimum Gasteiger partial charge on any atom is -0.392 e. The molecule has 0 aliphatic heterocycles. The van der Waals surface area contributed by atoms with Gasteiger partial charge in [-0.2, -0.15) is 0 Å². The van der Waals surface area contributed by atoms with Gasteiger partial charge in [0, 0.05) is 34.1 Å². The molecule has 0 fully saturated rings. The van der Waals surface area contributed by atoms with Crippen molar-refractivity contribution in [3.63, 3.8) is 0 Å². The van der Waals surface area contributed by atoms with Gasteiger partial charge in [0.2, 0.25) is 5.91 Å². The van der Waals surface area contributed by atoms with Crippen LogP contribution in [0.4, 0.5) is 5.69 Å². The molecule has 0 unspecified atom stereocenters. The Kier molecular flexibility index (Phi) is 9.18. The molecular weight excluding hydrogens is 459 g/mol. The zero-order valence-electron chi connectivity index (χ0n) is 17.8. The molecule has 9 heteroatoms. The maximum atomic E-state index is 13.6. The smallest absolute Gasteiger partial charge is 0.264 e. The van der Waals surface area contributed by atoms with Gasteiger partial charge in [-0.05, 0) is 56.2 Å². The maximum Gasteiger partial charge on any atom is 0.264 e. The monoisotopic (exact) mass is 486 g/mol. The molecule has 1 amide bonds. The van der Waals surface area contributed by atoms with E-state index in [4.69, 9.17) is 23.2 Å². The van der Waals surface area contributed by atoms with Gasteiger partial charge in [-0.15, -0.1) is 0 Å². The number of hydrogen-bond donors (Lipinski definition) is 2. The second-order valence-electron chi connectivity index (χ2n) is 7.62. The molecule has 0 saturated carbocycles. The minimum atomic E-state index is -3.97. The second-order valence-corrected chi connectivity index (χ2v) is 10.3. The summed E-state index contributed by atoms with van der Waals surface area (Å²) in [4.78, 5) is 11.8. The number of benzene rings is 2. The van der Waals surface area contributed by atoms with E-state index in [0.717, 1.165) is 0 Å². The van der Waals surface area contributed by atoms with E-state index in [1.165, 1.54) is 34.6 Å². The van der Waals surface area contributed by atoms with Gasteiger partial charge in [-0.3, -0.25) is 9.10 Å².